The van der Waals surface area contributed by atoms with Crippen molar-refractivity contribution in [3.8, 4) is 0 Å². The Labute approximate surface area is 458 Å². The molecule has 0 radical (unpaired) electrons. The van der Waals surface area contributed by atoms with Gasteiger partial charge < -0.3 is 180 Å². The van der Waals surface area contributed by atoms with Gasteiger partial charge in [-0.15, -0.1) is 0 Å². The fourth-order valence-electron chi connectivity index (χ4n) is 9.76. The van der Waals surface area contributed by atoms with Gasteiger partial charge in [0.15, 0.2) is 37.7 Å². The van der Waals surface area contributed by atoms with Crippen LogP contribution in [0.25, 0.3) is 0 Å². The third-order valence-electron chi connectivity index (χ3n) is 14.6. The molecule has 0 unspecified atom stereocenters. The van der Waals surface area contributed by atoms with Gasteiger partial charge in [-0.3, -0.25) is 4.79 Å². The average molecular weight is 1200 g/mol. The van der Waals surface area contributed by atoms with E-state index in [1.165, 1.54) is 0 Å². The van der Waals surface area contributed by atoms with Crippen molar-refractivity contribution in [2.45, 2.75) is 216 Å². The molecule has 6 fully saturated rings. The topological polar surface area (TPSA) is 605 Å². The summed E-state index contributed by atoms with van der Waals surface area (Å²) >= 11 is 0. The Balaban J connectivity index is 1.33. The van der Waals surface area contributed by atoms with Crippen LogP contribution in [0.4, 0.5) is 0 Å². The summed E-state index contributed by atoms with van der Waals surface area (Å²) in [5.74, 6) is -0.805. The van der Waals surface area contributed by atoms with Gasteiger partial charge in [0.05, 0.1) is 58.9 Å². The highest BCUT2D eigenvalue weighted by Crippen LogP contribution is 2.36. The molecule has 6 aliphatic heterocycles. The van der Waals surface area contributed by atoms with E-state index in [9.17, 15) is 122 Å². The van der Waals surface area contributed by atoms with Crippen LogP contribution < -0.4 is 5.32 Å². The van der Waals surface area contributed by atoms with E-state index < -0.39 is 267 Å². The zero-order valence-electron chi connectivity index (χ0n) is 42.9. The first-order valence-corrected chi connectivity index (χ1v) is 25.6. The molecule has 81 heavy (non-hydrogen) atoms. The van der Waals surface area contributed by atoms with Crippen molar-refractivity contribution in [3.63, 3.8) is 0 Å². The minimum atomic E-state index is -2.36. The summed E-state index contributed by atoms with van der Waals surface area (Å²) < 4.78 is 68.1. The molecular formula is C44H77NO36. The summed E-state index contributed by atoms with van der Waals surface area (Å²) in [6, 6.07) is -1.63. The predicted molar refractivity (Wildman–Crippen MR) is 246 cm³/mol. The second-order valence-corrected chi connectivity index (χ2v) is 20.1. The molecule has 0 bridgehead atoms. The van der Waals surface area contributed by atoms with Gasteiger partial charge >= 0.3 is 0 Å². The quantitative estimate of drug-likeness (QED) is 0.0427. The molecule has 0 saturated carbocycles. The zero-order valence-corrected chi connectivity index (χ0v) is 42.9. The van der Waals surface area contributed by atoms with E-state index in [-0.39, 0.29) is 0 Å². The first-order valence-electron chi connectivity index (χ1n) is 25.6. The van der Waals surface area contributed by atoms with Gasteiger partial charge in [-0.25, -0.2) is 0 Å². The molecule has 6 saturated heterocycles. The Morgan fingerprint density at radius 1 is 0.395 bits per heavy atom. The molecule has 6 heterocycles. The van der Waals surface area contributed by atoms with Gasteiger partial charge in [-0.2, -0.15) is 0 Å². The maximum Gasteiger partial charge on any atom is 0.217 e. The summed E-state index contributed by atoms with van der Waals surface area (Å²) in [6.45, 7) is -7.19. The van der Waals surface area contributed by atoms with Crippen molar-refractivity contribution in [2.75, 3.05) is 52.9 Å². The van der Waals surface area contributed by atoms with Crippen LogP contribution in [0.3, 0.4) is 0 Å². The number of hydrogen-bond acceptors (Lipinski definition) is 36. The van der Waals surface area contributed by atoms with Crippen molar-refractivity contribution in [1.29, 1.82) is 0 Å². The van der Waals surface area contributed by atoms with Gasteiger partial charge in [0, 0.05) is 6.92 Å². The van der Waals surface area contributed by atoms with Crippen LogP contribution >= 0.6 is 0 Å². The number of carbonyl (C=O) groups excluding carboxylic acids is 1. The molecule has 474 valence electrons. The Morgan fingerprint density at radius 2 is 0.741 bits per heavy atom. The number of rotatable bonds is 24. The number of aliphatic hydroxyl groups is 23. The number of ether oxygens (including phenoxy) is 12. The fraction of sp³-hybridized carbons (Fsp3) is 0.977. The number of aliphatic hydroxyl groups excluding tert-OH is 23. The number of hydrogen-bond donors (Lipinski definition) is 24. The third kappa shape index (κ3) is 15.3. The summed E-state index contributed by atoms with van der Waals surface area (Å²) in [7, 11) is 0. The molecule has 6 rings (SSSR count). The molecule has 0 aromatic rings. The molecule has 24 N–H and O–H groups in total. The van der Waals surface area contributed by atoms with Gasteiger partial charge in [0.1, 0.15) is 165 Å². The van der Waals surface area contributed by atoms with Crippen molar-refractivity contribution in [2.24, 2.45) is 0 Å². The van der Waals surface area contributed by atoms with Crippen LogP contribution in [0, 0.1) is 0 Å². The second kappa shape index (κ2) is 30.1. The standard InChI is InChI=1S/C44H77NO36/c1-10(52)45-11(2-46)19(54)35(12(53)3-47)78-43-34(69)37(79-41-31(66)27(62)21(56)14(5-49)73-41)25(60)18(77-43)9-71-40-33(68)36(24(59)17(76-40)8-70-39-30(65)26(61)20(55)13(4-48)72-39)80-44-38(29(64)23(58)16(7-51)75-44)81-42-32(67)28(63)22(57)15(6-50)74-42/h11-44,46-51,53-69H,2-9H2,1H3,(H,45,52)/t11-,12+,13+,14+,15+,16+,17+,18+,19+,20+,21+,22+,23+,24+,25+,26-,27-,28-,29-,30-,31-,32-,33-,34-,35+,36-,37-,38-,39-,40-,41+,42+,43-,44+/m0/s1. The third-order valence-corrected chi connectivity index (χ3v) is 14.6. The second-order valence-electron chi connectivity index (χ2n) is 20.1. The molecule has 1 amide bonds. The van der Waals surface area contributed by atoms with E-state index in [0.717, 1.165) is 6.92 Å². The number of carbonyl (C=O) groups is 1. The summed E-state index contributed by atoms with van der Waals surface area (Å²) in [6.07, 6.45) is -67.8. The number of amides is 1. The molecule has 37 nitrogen and oxygen atoms in total. The van der Waals surface area contributed by atoms with Gasteiger partial charge in [-0.05, 0) is 0 Å². The lowest BCUT2D eigenvalue weighted by Crippen LogP contribution is -2.67. The van der Waals surface area contributed by atoms with Gasteiger partial charge in [0.2, 0.25) is 5.91 Å². The van der Waals surface area contributed by atoms with E-state index >= 15 is 0 Å². The fourth-order valence-corrected chi connectivity index (χ4v) is 9.76. The van der Waals surface area contributed by atoms with E-state index in [0.29, 0.717) is 0 Å². The van der Waals surface area contributed by atoms with Crippen LogP contribution in [0.1, 0.15) is 6.92 Å². The van der Waals surface area contributed by atoms with E-state index in [2.05, 4.69) is 5.32 Å². The highest BCUT2D eigenvalue weighted by Gasteiger charge is 2.57. The summed E-state index contributed by atoms with van der Waals surface area (Å²) in [5.41, 5.74) is 0. The summed E-state index contributed by atoms with van der Waals surface area (Å²) in [5, 5.41) is 248. The highest BCUT2D eigenvalue weighted by molar-refractivity contribution is 5.73. The van der Waals surface area contributed by atoms with Crippen LogP contribution in [-0.2, 0) is 61.6 Å². The zero-order chi connectivity index (χ0) is 60.1. The molecule has 6 aliphatic rings. The maximum absolute atomic E-state index is 12.0. The molecule has 37 heteroatoms. The van der Waals surface area contributed by atoms with Crippen molar-refractivity contribution in [3.05, 3.63) is 0 Å². The normalized spacial score (nSPS) is 47.8. The van der Waals surface area contributed by atoms with Gasteiger partial charge in [0.25, 0.3) is 0 Å². The predicted octanol–water partition coefficient (Wildman–Crippen LogP) is -16.5. The van der Waals surface area contributed by atoms with Crippen molar-refractivity contribution < 1.29 is 179 Å². The lowest BCUT2D eigenvalue weighted by atomic mass is 9.95. The first kappa shape index (κ1) is 68.2. The van der Waals surface area contributed by atoms with E-state index in [1.807, 2.05) is 0 Å². The van der Waals surface area contributed by atoms with Crippen molar-refractivity contribution in [1.82, 2.24) is 5.32 Å². The Kier molecular flexibility index (Phi) is 25.4. The van der Waals surface area contributed by atoms with Crippen LogP contribution in [-0.4, -0.2) is 385 Å². The monoisotopic (exact) mass is 1200 g/mol. The maximum atomic E-state index is 12.0. The highest BCUT2D eigenvalue weighted by atomic mass is 16.8. The largest absolute Gasteiger partial charge is 0.394 e. The van der Waals surface area contributed by atoms with Crippen LogP contribution in [0.15, 0.2) is 0 Å². The smallest absolute Gasteiger partial charge is 0.217 e. The molecule has 0 aromatic carbocycles. The van der Waals surface area contributed by atoms with Crippen LogP contribution in [0.2, 0.25) is 0 Å². The lowest BCUT2D eigenvalue weighted by molar-refractivity contribution is -0.394. The van der Waals surface area contributed by atoms with Crippen molar-refractivity contribution >= 4 is 5.91 Å². The molecule has 34 atom stereocenters. The SMILES string of the molecule is CC(=O)N[C@@H](CO)[C@@H](O)[C@H](O[C@@H]1O[C@H](CO[C@H]2O[C@H](CO[C@H]3O[C@H](CO)[C@@H](O)[C@H](O)[C@@H]3O)[C@@H](O)[C@H](O[C@H]3O[C@H](CO)[C@@H](O)[C@H](O)[C@@H]3O[C@H]3O[C@H](CO)[C@@H](O)[C@H](O)[C@@H]3O)[C@@H]2O)[C@@H](O)[C@H](O[C@H]2O[C@H](CO)[C@@H](O)[C@H](O)[C@@H]2O)[C@@H]1O)[C@H](O)CO. The Bertz CT molecular complexity index is 1890. The molecule has 0 aromatic heterocycles. The molecule has 0 aliphatic carbocycles. The Hall–Kier alpha value is -1.93. The minimum absolute atomic E-state index is 0.805. The number of nitrogens with one attached hydrogen (secondary N) is 1. The van der Waals surface area contributed by atoms with Crippen LogP contribution in [0.5, 0.6) is 0 Å². The minimum Gasteiger partial charge on any atom is -0.394 e. The van der Waals surface area contributed by atoms with E-state index in [1.54, 1.807) is 0 Å². The average Bonchev–Trinajstić information content (AvgIpc) is 3.56. The summed E-state index contributed by atoms with van der Waals surface area (Å²) in [4.78, 5) is 11.9. The molecule has 0 spiro atoms. The molecular weight excluding hydrogens is 1120 g/mol. The van der Waals surface area contributed by atoms with E-state index in [4.69, 9.17) is 56.8 Å². The Morgan fingerprint density at radius 3 is 1.16 bits per heavy atom. The lowest BCUT2D eigenvalue weighted by Gasteiger charge is -2.49. The van der Waals surface area contributed by atoms with Gasteiger partial charge in [-0.1, -0.05) is 0 Å². The first-order chi connectivity index (χ1) is 38.3.